The summed E-state index contributed by atoms with van der Waals surface area (Å²) in [7, 11) is 0. The van der Waals surface area contributed by atoms with Crippen LogP contribution in [0.3, 0.4) is 0 Å². The molecule has 0 radical (unpaired) electrons. The third-order valence-electron chi connectivity index (χ3n) is 2.26. The maximum Gasteiger partial charge on any atom is 0.434 e. The number of carboxylic acids is 1. The van der Waals surface area contributed by atoms with E-state index in [4.69, 9.17) is 5.11 Å². The Morgan fingerprint density at radius 1 is 1.33 bits per heavy atom. The first-order valence-corrected chi connectivity index (χ1v) is 4.83. The van der Waals surface area contributed by atoms with Gasteiger partial charge in [0, 0.05) is 11.9 Å². The van der Waals surface area contributed by atoms with Crippen LogP contribution in [0.2, 0.25) is 0 Å². The molecule has 4 nitrogen and oxygen atoms in total. The topological polar surface area (TPSA) is 55.1 Å². The van der Waals surface area contributed by atoms with E-state index >= 15 is 0 Å². The molecule has 0 aliphatic carbocycles. The fourth-order valence-electron chi connectivity index (χ4n) is 1.41. The molecule has 0 aliphatic heterocycles. The molecule has 1 aromatic carbocycles. The Bertz CT molecular complexity index is 590. The molecule has 2 rings (SSSR count). The maximum absolute atomic E-state index is 12.4. The number of benzene rings is 1. The molecule has 1 heterocycles. The Balaban J connectivity index is 2.40. The van der Waals surface area contributed by atoms with Crippen LogP contribution in [0.5, 0.6) is 0 Å². The molecule has 94 valence electrons. The van der Waals surface area contributed by atoms with Crippen molar-refractivity contribution in [1.29, 1.82) is 0 Å². The average Bonchev–Trinajstić information content (AvgIpc) is 2.78. The lowest BCUT2D eigenvalue weighted by Crippen LogP contribution is -2.05. The minimum Gasteiger partial charge on any atom is -0.478 e. The summed E-state index contributed by atoms with van der Waals surface area (Å²) in [6, 6.07) is 5.57. The van der Waals surface area contributed by atoms with Crippen LogP contribution < -0.4 is 0 Å². The van der Waals surface area contributed by atoms with Crippen LogP contribution in [0, 0.1) is 0 Å². The molecule has 0 unspecified atom stereocenters. The van der Waals surface area contributed by atoms with E-state index in [1.165, 1.54) is 24.3 Å². The fourth-order valence-corrected chi connectivity index (χ4v) is 1.41. The first-order valence-electron chi connectivity index (χ1n) is 4.83. The van der Waals surface area contributed by atoms with Crippen LogP contribution in [-0.4, -0.2) is 20.6 Å². The Morgan fingerprint density at radius 3 is 2.61 bits per heavy atom. The molecule has 0 fully saturated rings. The minimum absolute atomic E-state index is 0.00485. The number of carbonyl (C=O) groups is 1. The number of imidazole rings is 1. The van der Waals surface area contributed by atoms with E-state index in [1.54, 1.807) is 0 Å². The molecule has 0 atom stereocenters. The highest BCUT2D eigenvalue weighted by atomic mass is 19.4. The highest BCUT2D eigenvalue weighted by Crippen LogP contribution is 2.28. The summed E-state index contributed by atoms with van der Waals surface area (Å²) < 4.78 is 38.2. The second kappa shape index (κ2) is 4.17. The normalized spacial score (nSPS) is 11.5. The standard InChI is InChI=1S/C11H7F3N2O2/c12-11(13,14)9-5-16(6-15-9)8-3-1-2-7(4-8)10(17)18/h1-6H,(H,17,18). The summed E-state index contributed by atoms with van der Waals surface area (Å²) in [5.41, 5.74) is -0.726. The molecular weight excluding hydrogens is 249 g/mol. The van der Waals surface area contributed by atoms with E-state index in [2.05, 4.69) is 4.98 Å². The van der Waals surface area contributed by atoms with Gasteiger partial charge in [0.05, 0.1) is 11.9 Å². The first kappa shape index (κ1) is 12.2. The minimum atomic E-state index is -4.52. The van der Waals surface area contributed by atoms with E-state index in [9.17, 15) is 18.0 Å². The van der Waals surface area contributed by atoms with E-state index < -0.39 is 17.8 Å². The molecule has 0 saturated carbocycles. The van der Waals surface area contributed by atoms with E-state index in [-0.39, 0.29) is 5.56 Å². The monoisotopic (exact) mass is 256 g/mol. The summed E-state index contributed by atoms with van der Waals surface area (Å²) in [5.74, 6) is -1.15. The molecule has 0 bridgehead atoms. The van der Waals surface area contributed by atoms with Gasteiger partial charge in [-0.05, 0) is 18.2 Å². The van der Waals surface area contributed by atoms with Gasteiger partial charge >= 0.3 is 12.1 Å². The van der Waals surface area contributed by atoms with Gasteiger partial charge in [-0.2, -0.15) is 13.2 Å². The number of rotatable bonds is 2. The highest BCUT2D eigenvalue weighted by molar-refractivity contribution is 5.88. The van der Waals surface area contributed by atoms with E-state index in [0.717, 1.165) is 17.1 Å². The molecule has 18 heavy (non-hydrogen) atoms. The second-order valence-electron chi connectivity index (χ2n) is 3.52. The van der Waals surface area contributed by atoms with Crippen LogP contribution >= 0.6 is 0 Å². The van der Waals surface area contributed by atoms with Gasteiger partial charge in [-0.15, -0.1) is 0 Å². The van der Waals surface area contributed by atoms with Crippen molar-refractivity contribution in [2.24, 2.45) is 0 Å². The van der Waals surface area contributed by atoms with Crippen molar-refractivity contribution in [3.63, 3.8) is 0 Å². The van der Waals surface area contributed by atoms with Gasteiger partial charge in [0.15, 0.2) is 5.69 Å². The number of carboxylic acid groups (broad SMARTS) is 1. The zero-order valence-corrected chi connectivity index (χ0v) is 8.85. The fraction of sp³-hybridized carbons (Fsp3) is 0.0909. The summed E-state index contributed by atoms with van der Waals surface area (Å²) in [6.07, 6.45) is -2.72. The van der Waals surface area contributed by atoms with Crippen molar-refractivity contribution in [3.8, 4) is 5.69 Å². The number of alkyl halides is 3. The number of aromatic carboxylic acids is 1. The zero-order valence-electron chi connectivity index (χ0n) is 8.85. The molecule has 2 aromatic rings. The van der Waals surface area contributed by atoms with Gasteiger partial charge in [0.25, 0.3) is 0 Å². The van der Waals surface area contributed by atoms with Gasteiger partial charge in [-0.25, -0.2) is 9.78 Å². The van der Waals surface area contributed by atoms with Gasteiger partial charge in [-0.1, -0.05) is 6.07 Å². The zero-order chi connectivity index (χ0) is 13.3. The van der Waals surface area contributed by atoms with Crippen molar-refractivity contribution in [3.05, 3.63) is 48.0 Å². The molecule has 1 aromatic heterocycles. The number of nitrogens with zero attached hydrogens (tertiary/aromatic N) is 2. The Kier molecular flexibility index (Phi) is 2.82. The molecule has 0 spiro atoms. The van der Waals surface area contributed by atoms with Crippen LogP contribution in [-0.2, 0) is 6.18 Å². The predicted octanol–water partition coefficient (Wildman–Crippen LogP) is 2.59. The van der Waals surface area contributed by atoms with Crippen LogP contribution in [0.4, 0.5) is 13.2 Å². The SMILES string of the molecule is O=C(O)c1cccc(-n2cnc(C(F)(F)F)c2)c1. The molecular formula is C11H7F3N2O2. The van der Waals surface area contributed by atoms with Crippen molar-refractivity contribution >= 4 is 5.97 Å². The quantitative estimate of drug-likeness (QED) is 0.898. The lowest BCUT2D eigenvalue weighted by molar-refractivity contribution is -0.140. The van der Waals surface area contributed by atoms with Gasteiger partial charge in [0.1, 0.15) is 0 Å². The Morgan fingerprint density at radius 2 is 2.06 bits per heavy atom. The number of aromatic nitrogens is 2. The second-order valence-corrected chi connectivity index (χ2v) is 3.52. The van der Waals surface area contributed by atoms with Crippen molar-refractivity contribution in [2.45, 2.75) is 6.18 Å². The molecule has 0 aliphatic rings. The van der Waals surface area contributed by atoms with Crippen LogP contribution in [0.1, 0.15) is 16.1 Å². The molecule has 7 heteroatoms. The lowest BCUT2D eigenvalue weighted by atomic mass is 10.2. The summed E-state index contributed by atoms with van der Waals surface area (Å²) >= 11 is 0. The summed E-state index contributed by atoms with van der Waals surface area (Å²) in [4.78, 5) is 14.0. The largest absolute Gasteiger partial charge is 0.478 e. The van der Waals surface area contributed by atoms with Crippen molar-refractivity contribution < 1.29 is 23.1 Å². The highest BCUT2D eigenvalue weighted by Gasteiger charge is 2.33. The Labute approximate surface area is 99.3 Å². The van der Waals surface area contributed by atoms with Crippen LogP contribution in [0.15, 0.2) is 36.8 Å². The summed E-state index contributed by atoms with van der Waals surface area (Å²) in [5, 5.41) is 8.79. The first-order chi connectivity index (χ1) is 8.38. The number of hydrogen-bond donors (Lipinski definition) is 1. The average molecular weight is 256 g/mol. The van der Waals surface area contributed by atoms with Crippen molar-refractivity contribution in [2.75, 3.05) is 0 Å². The predicted molar refractivity (Wildman–Crippen MR) is 55.5 cm³/mol. The summed E-state index contributed by atoms with van der Waals surface area (Å²) in [6.45, 7) is 0. The van der Waals surface area contributed by atoms with Gasteiger partial charge < -0.3 is 9.67 Å². The maximum atomic E-state index is 12.4. The molecule has 0 amide bonds. The number of halogens is 3. The smallest absolute Gasteiger partial charge is 0.434 e. The third-order valence-corrected chi connectivity index (χ3v) is 2.26. The molecule has 1 N–H and O–H groups in total. The Hall–Kier alpha value is -2.31. The van der Waals surface area contributed by atoms with Gasteiger partial charge in [-0.3, -0.25) is 0 Å². The van der Waals surface area contributed by atoms with Crippen molar-refractivity contribution in [1.82, 2.24) is 9.55 Å². The third kappa shape index (κ3) is 2.34. The van der Waals surface area contributed by atoms with E-state index in [1.807, 2.05) is 0 Å². The molecule has 0 saturated heterocycles. The van der Waals surface area contributed by atoms with E-state index in [0.29, 0.717) is 5.69 Å². The van der Waals surface area contributed by atoms with Gasteiger partial charge in [0.2, 0.25) is 0 Å². The van der Waals surface area contributed by atoms with Crippen LogP contribution in [0.25, 0.3) is 5.69 Å². The number of hydrogen-bond acceptors (Lipinski definition) is 2. The lowest BCUT2D eigenvalue weighted by Gasteiger charge is -2.03.